The molecule has 1 aliphatic rings. The molecule has 0 saturated heterocycles. The largest absolute Gasteiger partial charge is 0.489 e. The molecule has 1 aromatic heterocycles. The summed E-state index contributed by atoms with van der Waals surface area (Å²) in [6.07, 6.45) is 1.85. The number of carbonyl (C=O) groups excluding carboxylic acids is 1. The molecule has 0 N–H and O–H groups in total. The molecule has 1 atom stereocenters. The highest BCUT2D eigenvalue weighted by atomic mass is 32.1. The topological polar surface area (TPSA) is 73.1 Å². The van der Waals surface area contributed by atoms with E-state index in [0.717, 1.165) is 28.1 Å². The molecule has 204 valence electrons. The van der Waals surface area contributed by atoms with Crippen LogP contribution in [0.2, 0.25) is 0 Å². The normalized spacial score (nSPS) is 14.9. The Balaban J connectivity index is 1.51. The molecule has 0 saturated carbocycles. The molecule has 7 nitrogen and oxygen atoms in total. The van der Waals surface area contributed by atoms with E-state index in [-0.39, 0.29) is 12.2 Å². The highest BCUT2D eigenvalue weighted by Crippen LogP contribution is 2.31. The number of ether oxygens (including phenoxy) is 2. The average Bonchev–Trinajstić information content (AvgIpc) is 3.26. The third-order valence-electron chi connectivity index (χ3n) is 6.67. The van der Waals surface area contributed by atoms with E-state index < -0.39 is 12.0 Å². The van der Waals surface area contributed by atoms with Crippen LogP contribution in [0.1, 0.15) is 36.6 Å². The highest BCUT2D eigenvalue weighted by molar-refractivity contribution is 7.07. The van der Waals surface area contributed by atoms with Crippen LogP contribution < -0.4 is 24.5 Å². The summed E-state index contributed by atoms with van der Waals surface area (Å²) in [7, 11) is 3.93. The second-order valence-corrected chi connectivity index (χ2v) is 10.6. The minimum absolute atomic E-state index is 0.205. The van der Waals surface area contributed by atoms with E-state index in [4.69, 9.17) is 9.47 Å². The predicted octanol–water partition coefficient (Wildman–Crippen LogP) is 4.44. The lowest BCUT2D eigenvalue weighted by Crippen LogP contribution is -2.39. The zero-order valence-electron chi connectivity index (χ0n) is 23.0. The van der Waals surface area contributed by atoms with Crippen LogP contribution in [-0.2, 0) is 16.1 Å². The van der Waals surface area contributed by atoms with Crippen LogP contribution in [0.3, 0.4) is 0 Å². The molecule has 1 aliphatic heterocycles. The summed E-state index contributed by atoms with van der Waals surface area (Å²) in [5.74, 6) is 0.282. The summed E-state index contributed by atoms with van der Waals surface area (Å²) in [6, 6.07) is 24.8. The first kappa shape index (κ1) is 27.1. The molecule has 1 unspecified atom stereocenters. The van der Waals surface area contributed by atoms with E-state index in [2.05, 4.69) is 4.99 Å². The van der Waals surface area contributed by atoms with Gasteiger partial charge in [-0.1, -0.05) is 65.9 Å². The fraction of sp³-hybridized carbons (Fsp3) is 0.219. The van der Waals surface area contributed by atoms with Gasteiger partial charge in [-0.3, -0.25) is 9.36 Å². The molecule has 0 spiro atoms. The number of thiazole rings is 1. The van der Waals surface area contributed by atoms with Crippen LogP contribution in [0.4, 0.5) is 5.69 Å². The van der Waals surface area contributed by atoms with Gasteiger partial charge < -0.3 is 14.4 Å². The number of nitrogens with zero attached hydrogens (tertiary/aromatic N) is 3. The quantitative estimate of drug-likeness (QED) is 0.302. The van der Waals surface area contributed by atoms with Gasteiger partial charge in [0, 0.05) is 19.8 Å². The highest BCUT2D eigenvalue weighted by Gasteiger charge is 2.33. The zero-order chi connectivity index (χ0) is 28.2. The van der Waals surface area contributed by atoms with E-state index in [1.807, 2.05) is 104 Å². The van der Waals surface area contributed by atoms with Crippen molar-refractivity contribution in [2.45, 2.75) is 26.5 Å². The maximum Gasteiger partial charge on any atom is 0.338 e. The standard InChI is InChI=1S/C32H31N3O4S/c1-5-38-31(37)28-21(2)33-32-35(29(28)24-13-15-25(16-14-24)34(3)4)30(36)27(40-32)19-22-11-17-26(18-12-22)39-20-23-9-7-6-8-10-23/h6-19,29H,5,20H2,1-4H3/b27-19+. The maximum absolute atomic E-state index is 13.8. The molecular weight excluding hydrogens is 522 g/mol. The van der Waals surface area contributed by atoms with Crippen molar-refractivity contribution in [2.24, 2.45) is 4.99 Å². The second kappa shape index (κ2) is 11.8. The SMILES string of the molecule is CCOC(=O)C1=C(C)N=c2s/c(=C/c3ccc(OCc4ccccc4)cc3)c(=O)n2C1c1ccc(N(C)C)cc1. The fourth-order valence-corrected chi connectivity index (χ4v) is 5.66. The monoisotopic (exact) mass is 553 g/mol. The Bertz CT molecular complexity index is 1720. The number of hydrogen-bond acceptors (Lipinski definition) is 7. The summed E-state index contributed by atoms with van der Waals surface area (Å²) in [4.78, 5) is 34.1. The fourth-order valence-electron chi connectivity index (χ4n) is 4.61. The van der Waals surface area contributed by atoms with Crippen LogP contribution in [0.5, 0.6) is 5.75 Å². The summed E-state index contributed by atoms with van der Waals surface area (Å²) < 4.78 is 13.4. The van der Waals surface area contributed by atoms with Gasteiger partial charge in [-0.15, -0.1) is 0 Å². The van der Waals surface area contributed by atoms with Crippen molar-refractivity contribution in [2.75, 3.05) is 25.6 Å². The van der Waals surface area contributed by atoms with Crippen molar-refractivity contribution in [1.82, 2.24) is 4.57 Å². The Labute approximate surface area is 237 Å². The third kappa shape index (κ3) is 5.62. The first-order valence-electron chi connectivity index (χ1n) is 13.1. The second-order valence-electron chi connectivity index (χ2n) is 9.63. The predicted molar refractivity (Wildman–Crippen MR) is 158 cm³/mol. The van der Waals surface area contributed by atoms with Crippen LogP contribution >= 0.6 is 11.3 Å². The van der Waals surface area contributed by atoms with Crippen molar-refractivity contribution in [1.29, 1.82) is 0 Å². The molecule has 0 fully saturated rings. The Morgan fingerprint density at radius 2 is 1.73 bits per heavy atom. The number of aromatic nitrogens is 1. The first-order chi connectivity index (χ1) is 19.4. The zero-order valence-corrected chi connectivity index (χ0v) is 23.8. The van der Waals surface area contributed by atoms with Crippen LogP contribution in [0, 0.1) is 0 Å². The summed E-state index contributed by atoms with van der Waals surface area (Å²) >= 11 is 1.31. The van der Waals surface area contributed by atoms with Gasteiger partial charge in [-0.25, -0.2) is 9.79 Å². The van der Waals surface area contributed by atoms with Gasteiger partial charge in [0.15, 0.2) is 4.80 Å². The number of esters is 1. The van der Waals surface area contributed by atoms with E-state index in [1.165, 1.54) is 11.3 Å². The summed E-state index contributed by atoms with van der Waals surface area (Å²) in [5, 5.41) is 0. The molecule has 40 heavy (non-hydrogen) atoms. The number of fused-ring (bicyclic) bond motifs is 1. The lowest BCUT2D eigenvalue weighted by molar-refractivity contribution is -0.139. The third-order valence-corrected chi connectivity index (χ3v) is 7.65. The number of anilines is 1. The Kier molecular flexibility index (Phi) is 7.98. The average molecular weight is 554 g/mol. The summed E-state index contributed by atoms with van der Waals surface area (Å²) in [5.41, 5.74) is 4.51. The van der Waals surface area contributed by atoms with Gasteiger partial charge >= 0.3 is 5.97 Å². The van der Waals surface area contributed by atoms with E-state index in [0.29, 0.717) is 27.2 Å². The maximum atomic E-state index is 13.8. The minimum atomic E-state index is -0.637. The van der Waals surface area contributed by atoms with Crippen molar-refractivity contribution in [3.8, 4) is 5.75 Å². The van der Waals surface area contributed by atoms with Gasteiger partial charge in [0.1, 0.15) is 12.4 Å². The number of allylic oxidation sites excluding steroid dienone is 1. The van der Waals surface area contributed by atoms with Crippen LogP contribution in [-0.4, -0.2) is 31.2 Å². The molecule has 3 aromatic carbocycles. The lowest BCUT2D eigenvalue weighted by Gasteiger charge is -2.25. The molecular formula is C32H31N3O4S. The summed E-state index contributed by atoms with van der Waals surface area (Å²) in [6.45, 7) is 4.27. The van der Waals surface area contributed by atoms with Gasteiger partial charge in [-0.2, -0.15) is 0 Å². The van der Waals surface area contributed by atoms with Crippen molar-refractivity contribution in [3.05, 3.63) is 127 Å². The number of benzene rings is 3. The number of rotatable bonds is 8. The van der Waals surface area contributed by atoms with Crippen LogP contribution in [0.15, 0.2) is 99.9 Å². The molecule has 2 heterocycles. The van der Waals surface area contributed by atoms with Gasteiger partial charge in [0.05, 0.1) is 28.5 Å². The van der Waals surface area contributed by atoms with Crippen molar-refractivity contribution < 1.29 is 14.3 Å². The molecule has 0 aliphatic carbocycles. The lowest BCUT2D eigenvalue weighted by atomic mass is 9.95. The van der Waals surface area contributed by atoms with Crippen LogP contribution in [0.25, 0.3) is 6.08 Å². The number of carbonyl (C=O) groups is 1. The van der Waals surface area contributed by atoms with Crippen molar-refractivity contribution >= 4 is 29.1 Å². The van der Waals surface area contributed by atoms with E-state index in [9.17, 15) is 9.59 Å². The van der Waals surface area contributed by atoms with E-state index >= 15 is 0 Å². The Hall–Kier alpha value is -4.43. The number of hydrogen-bond donors (Lipinski definition) is 0. The molecule has 0 radical (unpaired) electrons. The molecule has 0 amide bonds. The van der Waals surface area contributed by atoms with Gasteiger partial charge in [0.2, 0.25) is 0 Å². The van der Waals surface area contributed by atoms with Gasteiger partial charge in [0.25, 0.3) is 5.56 Å². The molecule has 5 rings (SSSR count). The van der Waals surface area contributed by atoms with Crippen molar-refractivity contribution in [3.63, 3.8) is 0 Å². The molecule has 0 bridgehead atoms. The Morgan fingerprint density at radius 1 is 1.02 bits per heavy atom. The smallest absolute Gasteiger partial charge is 0.338 e. The molecule has 4 aromatic rings. The van der Waals surface area contributed by atoms with E-state index in [1.54, 1.807) is 18.4 Å². The Morgan fingerprint density at radius 3 is 2.38 bits per heavy atom. The molecule has 8 heteroatoms. The first-order valence-corrected chi connectivity index (χ1v) is 13.9. The van der Waals surface area contributed by atoms with Gasteiger partial charge in [-0.05, 0) is 60.9 Å². The minimum Gasteiger partial charge on any atom is -0.489 e.